The van der Waals surface area contributed by atoms with E-state index < -0.39 is 5.91 Å². The van der Waals surface area contributed by atoms with Gasteiger partial charge >= 0.3 is 0 Å². The molecule has 1 aromatic rings. The van der Waals surface area contributed by atoms with Crippen molar-refractivity contribution in [2.24, 2.45) is 5.73 Å². The molecule has 0 spiro atoms. The van der Waals surface area contributed by atoms with E-state index in [2.05, 4.69) is 38.0 Å². The van der Waals surface area contributed by atoms with Crippen molar-refractivity contribution < 1.29 is 9.53 Å². The number of nitrogens with two attached hydrogens (primary N) is 1. The van der Waals surface area contributed by atoms with Crippen LogP contribution in [0, 0.1) is 0 Å². The zero-order valence-electron chi connectivity index (χ0n) is 12.6. The molecular weight excluding hydrogens is 254 g/mol. The lowest BCUT2D eigenvalue weighted by Gasteiger charge is -2.46. The molecule has 5 nitrogen and oxygen atoms in total. The Labute approximate surface area is 119 Å². The molecule has 5 heteroatoms. The largest absolute Gasteiger partial charge is 0.489 e. The van der Waals surface area contributed by atoms with Gasteiger partial charge in [0.1, 0.15) is 17.5 Å². The smallest absolute Gasteiger partial charge is 0.267 e. The number of ether oxygens (including phenoxy) is 1. The fourth-order valence-electron chi connectivity index (χ4n) is 3.10. The Morgan fingerprint density at radius 3 is 2.35 bits per heavy atom. The van der Waals surface area contributed by atoms with E-state index in [1.807, 2.05) is 0 Å². The number of primary amides is 1. The van der Waals surface area contributed by atoms with E-state index in [0.29, 0.717) is 5.75 Å². The van der Waals surface area contributed by atoms with Crippen molar-refractivity contribution in [1.82, 2.24) is 10.3 Å². The molecule has 1 aromatic heterocycles. The lowest BCUT2D eigenvalue weighted by Crippen LogP contribution is -2.60. The minimum Gasteiger partial charge on any atom is -0.489 e. The average Bonchev–Trinajstić information content (AvgIpc) is 2.25. The highest BCUT2D eigenvalue weighted by atomic mass is 16.5. The highest BCUT2D eigenvalue weighted by Crippen LogP contribution is 2.31. The molecule has 0 radical (unpaired) electrons. The molecule has 0 saturated carbocycles. The lowest BCUT2D eigenvalue weighted by atomic mass is 9.81. The quantitative estimate of drug-likeness (QED) is 0.884. The number of carbonyl (C=O) groups excluding carboxylic acids is 1. The summed E-state index contributed by atoms with van der Waals surface area (Å²) in [7, 11) is 0. The van der Waals surface area contributed by atoms with Crippen molar-refractivity contribution in [3.63, 3.8) is 0 Å². The van der Waals surface area contributed by atoms with E-state index in [1.54, 1.807) is 18.3 Å². The number of amides is 1. The van der Waals surface area contributed by atoms with E-state index in [-0.39, 0.29) is 22.9 Å². The number of carbonyl (C=O) groups is 1. The van der Waals surface area contributed by atoms with Crippen LogP contribution in [0.4, 0.5) is 0 Å². The molecule has 1 aliphatic heterocycles. The number of nitrogens with one attached hydrogen (secondary N) is 1. The summed E-state index contributed by atoms with van der Waals surface area (Å²) in [5.41, 5.74) is 5.49. The topological polar surface area (TPSA) is 77.2 Å². The second-order valence-corrected chi connectivity index (χ2v) is 6.78. The summed E-state index contributed by atoms with van der Waals surface area (Å²) in [4.78, 5) is 15.0. The molecule has 0 atom stereocenters. The summed E-state index contributed by atoms with van der Waals surface area (Å²) in [6.45, 7) is 8.72. The first-order chi connectivity index (χ1) is 9.17. The predicted molar refractivity (Wildman–Crippen MR) is 77.7 cm³/mol. The molecule has 1 saturated heterocycles. The van der Waals surface area contributed by atoms with Crippen LogP contribution in [0.2, 0.25) is 0 Å². The van der Waals surface area contributed by atoms with E-state index in [4.69, 9.17) is 10.5 Å². The van der Waals surface area contributed by atoms with Gasteiger partial charge in [0.2, 0.25) is 0 Å². The Bertz CT molecular complexity index is 478. The molecule has 3 N–H and O–H groups in total. The Morgan fingerprint density at radius 1 is 1.30 bits per heavy atom. The predicted octanol–water partition coefficient (Wildman–Crippen LogP) is 1.87. The first-order valence-corrected chi connectivity index (χ1v) is 6.89. The van der Waals surface area contributed by atoms with E-state index in [0.717, 1.165) is 12.8 Å². The molecule has 1 fully saturated rings. The van der Waals surface area contributed by atoms with Gasteiger partial charge in [-0.25, -0.2) is 4.98 Å². The SMILES string of the molecule is CC1(C)CC(Oc2ccc(C(N)=O)nc2)CC(C)(C)N1. The Hall–Kier alpha value is -1.62. The van der Waals surface area contributed by atoms with E-state index >= 15 is 0 Å². The van der Waals surface area contributed by atoms with Gasteiger partial charge in [0.15, 0.2) is 0 Å². The summed E-state index contributed by atoms with van der Waals surface area (Å²) >= 11 is 0. The monoisotopic (exact) mass is 277 g/mol. The van der Waals surface area contributed by atoms with Crippen LogP contribution in [0.1, 0.15) is 51.0 Å². The number of aromatic nitrogens is 1. The van der Waals surface area contributed by atoms with Crippen molar-refractivity contribution in [3.8, 4) is 5.75 Å². The van der Waals surface area contributed by atoms with Crippen LogP contribution < -0.4 is 15.8 Å². The van der Waals surface area contributed by atoms with Crippen LogP contribution in [0.5, 0.6) is 5.75 Å². The zero-order valence-corrected chi connectivity index (χ0v) is 12.6. The van der Waals surface area contributed by atoms with Gasteiger partial charge in [0.05, 0.1) is 6.20 Å². The summed E-state index contributed by atoms with van der Waals surface area (Å²) in [6.07, 6.45) is 3.53. The summed E-state index contributed by atoms with van der Waals surface area (Å²) < 4.78 is 6.01. The fraction of sp³-hybridized carbons (Fsp3) is 0.600. The summed E-state index contributed by atoms with van der Waals surface area (Å²) in [5.74, 6) is 0.147. The third-order valence-corrected chi connectivity index (χ3v) is 3.44. The van der Waals surface area contributed by atoms with Crippen LogP contribution >= 0.6 is 0 Å². The van der Waals surface area contributed by atoms with Crippen LogP contribution in [-0.4, -0.2) is 28.1 Å². The molecule has 1 aliphatic rings. The van der Waals surface area contributed by atoms with Gasteiger partial charge < -0.3 is 15.8 Å². The third kappa shape index (κ3) is 3.70. The van der Waals surface area contributed by atoms with Crippen molar-refractivity contribution in [2.75, 3.05) is 0 Å². The van der Waals surface area contributed by atoms with Gasteiger partial charge in [-0.2, -0.15) is 0 Å². The van der Waals surface area contributed by atoms with Crippen LogP contribution in [0.25, 0.3) is 0 Å². The van der Waals surface area contributed by atoms with Crippen molar-refractivity contribution >= 4 is 5.91 Å². The van der Waals surface area contributed by atoms with Crippen molar-refractivity contribution in [3.05, 3.63) is 24.0 Å². The molecule has 0 aromatic carbocycles. The Morgan fingerprint density at radius 2 is 1.90 bits per heavy atom. The minimum absolute atomic E-state index is 0.0347. The number of hydrogen-bond acceptors (Lipinski definition) is 4. The third-order valence-electron chi connectivity index (χ3n) is 3.44. The standard InChI is InChI=1S/C15H23N3O2/c1-14(2)7-11(8-15(3,4)18-14)20-10-5-6-12(13(16)19)17-9-10/h5-6,9,11,18H,7-8H2,1-4H3,(H2,16,19). The Kier molecular flexibility index (Phi) is 3.73. The van der Waals surface area contributed by atoms with Gasteiger partial charge in [-0.05, 0) is 39.8 Å². The van der Waals surface area contributed by atoms with Crippen molar-refractivity contribution in [2.45, 2.75) is 57.7 Å². The maximum Gasteiger partial charge on any atom is 0.267 e. The lowest BCUT2D eigenvalue weighted by molar-refractivity contribution is 0.0557. The molecule has 20 heavy (non-hydrogen) atoms. The first kappa shape index (κ1) is 14.8. The second-order valence-electron chi connectivity index (χ2n) is 6.78. The summed E-state index contributed by atoms with van der Waals surface area (Å²) in [6, 6.07) is 3.34. The minimum atomic E-state index is -0.527. The van der Waals surface area contributed by atoms with Crippen LogP contribution in [0.15, 0.2) is 18.3 Å². The number of nitrogens with zero attached hydrogens (tertiary/aromatic N) is 1. The molecule has 110 valence electrons. The molecular formula is C15H23N3O2. The van der Waals surface area contributed by atoms with E-state index in [9.17, 15) is 4.79 Å². The molecule has 1 amide bonds. The molecule has 0 unspecified atom stereocenters. The van der Waals surface area contributed by atoms with Gasteiger partial charge in [0.25, 0.3) is 5.91 Å². The fourth-order valence-corrected chi connectivity index (χ4v) is 3.10. The van der Waals surface area contributed by atoms with Crippen LogP contribution in [0.3, 0.4) is 0 Å². The van der Waals surface area contributed by atoms with Gasteiger partial charge in [0, 0.05) is 23.9 Å². The highest BCUT2D eigenvalue weighted by molar-refractivity contribution is 5.90. The normalized spacial score (nSPS) is 21.4. The first-order valence-electron chi connectivity index (χ1n) is 6.89. The number of hydrogen-bond donors (Lipinski definition) is 2. The molecule has 2 heterocycles. The van der Waals surface area contributed by atoms with Gasteiger partial charge in [-0.1, -0.05) is 0 Å². The maximum absolute atomic E-state index is 11.0. The second kappa shape index (κ2) is 5.05. The van der Waals surface area contributed by atoms with E-state index in [1.165, 1.54) is 0 Å². The molecule has 0 aliphatic carbocycles. The number of rotatable bonds is 3. The van der Waals surface area contributed by atoms with Crippen LogP contribution in [-0.2, 0) is 0 Å². The van der Waals surface area contributed by atoms with Crippen molar-refractivity contribution in [1.29, 1.82) is 0 Å². The molecule has 0 bridgehead atoms. The number of piperidine rings is 1. The highest BCUT2D eigenvalue weighted by Gasteiger charge is 2.38. The molecule has 2 rings (SSSR count). The Balaban J connectivity index is 2.07. The van der Waals surface area contributed by atoms with Gasteiger partial charge in [-0.15, -0.1) is 0 Å². The number of pyridine rings is 1. The zero-order chi connectivity index (χ0) is 15.0. The van der Waals surface area contributed by atoms with Gasteiger partial charge in [-0.3, -0.25) is 4.79 Å². The summed E-state index contributed by atoms with van der Waals surface area (Å²) in [5, 5.41) is 3.61. The average molecular weight is 277 g/mol. The maximum atomic E-state index is 11.0.